The van der Waals surface area contributed by atoms with E-state index in [4.69, 9.17) is 21.3 Å². The number of phenolic OH excluding ortho intramolecular Hbond substituents is 1. The van der Waals surface area contributed by atoms with Crippen molar-refractivity contribution in [3.05, 3.63) is 34.6 Å². The van der Waals surface area contributed by atoms with Crippen molar-refractivity contribution in [2.45, 2.75) is 25.4 Å². The number of hydrogen-bond acceptors (Lipinski definition) is 7. The maximum absolute atomic E-state index is 14.9. The molecule has 1 aromatic heterocycles. The number of anilines is 1. The minimum absolute atomic E-state index is 0.0219. The van der Waals surface area contributed by atoms with Crippen molar-refractivity contribution in [1.29, 1.82) is 0 Å². The number of piperazine rings is 2. The molecule has 1 aromatic carbocycles. The smallest absolute Gasteiger partial charge is 0.261 e. The molecule has 2 fully saturated rings. The lowest BCUT2D eigenvalue weighted by molar-refractivity contribution is 0.0606. The van der Waals surface area contributed by atoms with Crippen LogP contribution in [0, 0.1) is 5.82 Å². The summed E-state index contributed by atoms with van der Waals surface area (Å²) in [6, 6.07) is 3.90. The third-order valence-electron chi connectivity index (χ3n) is 7.17. The molecule has 0 radical (unpaired) electrons. The number of rotatable bonds is 2. The van der Waals surface area contributed by atoms with Gasteiger partial charge >= 0.3 is 0 Å². The Labute approximate surface area is 203 Å². The number of pyridine rings is 1. The van der Waals surface area contributed by atoms with Gasteiger partial charge in [-0.2, -0.15) is 0 Å². The molecule has 1 atom stereocenters. The fourth-order valence-electron chi connectivity index (χ4n) is 4.92. The molecule has 5 rings (SSSR count). The van der Waals surface area contributed by atoms with Crippen molar-refractivity contribution in [3.8, 4) is 22.8 Å². The molecule has 0 saturated carbocycles. The van der Waals surface area contributed by atoms with Crippen LogP contribution in [-0.2, 0) is 0 Å². The van der Waals surface area contributed by atoms with Crippen LogP contribution < -0.4 is 15.0 Å². The molecule has 2 N–H and O–H groups in total. The first-order chi connectivity index (χ1) is 16.2. The van der Waals surface area contributed by atoms with Gasteiger partial charge in [-0.3, -0.25) is 9.69 Å². The number of nitrogens with zero attached hydrogens (tertiary/aromatic N) is 4. The van der Waals surface area contributed by atoms with Gasteiger partial charge in [0.2, 0.25) is 0 Å². The van der Waals surface area contributed by atoms with E-state index in [0.717, 1.165) is 6.54 Å². The standard InChI is InChI=1S/C24H29ClFN5O3/c1-24(2)13-30(10-9-29(24)3)22-18-21(34-12-14-11-27-7-8-31(14)23(18)33)19(25)20(28-22)17-15(26)5-4-6-16(17)32/h4-6,14,27,32H,7-13H2,1-3H3/t14-/m1/s1. The Morgan fingerprint density at radius 1 is 1.26 bits per heavy atom. The molecule has 4 heterocycles. The van der Waals surface area contributed by atoms with E-state index in [1.807, 2.05) is 9.80 Å². The molecular weight excluding hydrogens is 461 g/mol. The van der Waals surface area contributed by atoms with Crippen LogP contribution in [0.25, 0.3) is 11.3 Å². The zero-order valence-corrected chi connectivity index (χ0v) is 20.3. The molecule has 0 unspecified atom stereocenters. The molecule has 10 heteroatoms. The second-order valence-corrected chi connectivity index (χ2v) is 10.1. The molecule has 2 saturated heterocycles. The molecule has 182 valence electrons. The molecule has 2 aromatic rings. The molecule has 0 spiro atoms. The van der Waals surface area contributed by atoms with Crippen LogP contribution in [0.3, 0.4) is 0 Å². The zero-order chi connectivity index (χ0) is 24.2. The summed E-state index contributed by atoms with van der Waals surface area (Å²) in [6.07, 6.45) is 0. The summed E-state index contributed by atoms with van der Waals surface area (Å²) in [6.45, 7) is 8.36. The fourth-order valence-corrected chi connectivity index (χ4v) is 5.21. The van der Waals surface area contributed by atoms with Gasteiger partial charge in [0.05, 0.1) is 11.6 Å². The lowest BCUT2D eigenvalue weighted by atomic mass is 9.98. The molecule has 3 aliphatic heterocycles. The van der Waals surface area contributed by atoms with Crippen LogP contribution >= 0.6 is 11.6 Å². The first-order valence-electron chi connectivity index (χ1n) is 11.5. The van der Waals surface area contributed by atoms with Crippen LogP contribution in [0.4, 0.5) is 10.2 Å². The summed E-state index contributed by atoms with van der Waals surface area (Å²) in [4.78, 5) is 24.7. The highest BCUT2D eigenvalue weighted by atomic mass is 35.5. The van der Waals surface area contributed by atoms with E-state index >= 15 is 0 Å². The van der Waals surface area contributed by atoms with Crippen LogP contribution in [0.5, 0.6) is 11.5 Å². The molecule has 3 aliphatic rings. The van der Waals surface area contributed by atoms with E-state index in [9.17, 15) is 14.3 Å². The highest BCUT2D eigenvalue weighted by molar-refractivity contribution is 6.35. The quantitative estimate of drug-likeness (QED) is 0.671. The van der Waals surface area contributed by atoms with Gasteiger partial charge in [0.15, 0.2) is 5.75 Å². The number of halogens is 2. The Morgan fingerprint density at radius 3 is 2.79 bits per heavy atom. The molecule has 1 amide bonds. The largest absolute Gasteiger partial charge is 0.507 e. The van der Waals surface area contributed by atoms with Crippen LogP contribution in [0.1, 0.15) is 24.2 Å². The number of carbonyl (C=O) groups excluding carboxylic acids is 1. The average molecular weight is 490 g/mol. The number of carbonyl (C=O) groups is 1. The topological polar surface area (TPSA) is 81.2 Å². The Balaban J connectivity index is 1.73. The van der Waals surface area contributed by atoms with Crippen molar-refractivity contribution in [1.82, 2.24) is 20.1 Å². The van der Waals surface area contributed by atoms with Gasteiger partial charge in [-0.1, -0.05) is 17.7 Å². The summed E-state index contributed by atoms with van der Waals surface area (Å²) in [5.41, 5.74) is 0.0754. The summed E-state index contributed by atoms with van der Waals surface area (Å²) in [5, 5.41) is 13.8. The normalized spacial score (nSPS) is 22.6. The summed E-state index contributed by atoms with van der Waals surface area (Å²) in [5.74, 6) is -0.520. The van der Waals surface area contributed by atoms with Gasteiger partial charge in [0.25, 0.3) is 5.91 Å². The molecule has 8 nitrogen and oxygen atoms in total. The van der Waals surface area contributed by atoms with E-state index < -0.39 is 5.82 Å². The lowest BCUT2D eigenvalue weighted by Gasteiger charge is -2.46. The second-order valence-electron chi connectivity index (χ2n) is 9.76. The minimum atomic E-state index is -0.652. The Hall–Kier alpha value is -2.62. The second kappa shape index (κ2) is 8.55. The molecular formula is C24H29ClFN5O3. The van der Waals surface area contributed by atoms with Gasteiger partial charge < -0.3 is 25.0 Å². The first-order valence-corrected chi connectivity index (χ1v) is 11.9. The van der Waals surface area contributed by atoms with E-state index in [2.05, 4.69) is 31.1 Å². The van der Waals surface area contributed by atoms with E-state index in [1.165, 1.54) is 18.2 Å². The maximum atomic E-state index is 14.9. The first kappa shape index (κ1) is 23.1. The van der Waals surface area contributed by atoms with E-state index in [-0.39, 0.29) is 51.9 Å². The number of aromatic nitrogens is 1. The van der Waals surface area contributed by atoms with Gasteiger partial charge in [-0.05, 0) is 33.0 Å². The average Bonchev–Trinajstić information content (AvgIpc) is 2.94. The number of likely N-dealkylation sites (N-methyl/N-ethyl adjacent to an activating group) is 1. The van der Waals surface area contributed by atoms with Gasteiger partial charge in [0.1, 0.15) is 40.3 Å². The van der Waals surface area contributed by atoms with Crippen molar-refractivity contribution in [2.75, 3.05) is 57.8 Å². The number of aromatic hydroxyl groups is 1. The zero-order valence-electron chi connectivity index (χ0n) is 19.6. The third-order valence-corrected chi connectivity index (χ3v) is 7.52. The number of phenols is 1. The maximum Gasteiger partial charge on any atom is 0.261 e. The predicted molar refractivity (Wildman–Crippen MR) is 128 cm³/mol. The summed E-state index contributed by atoms with van der Waals surface area (Å²) >= 11 is 6.75. The van der Waals surface area contributed by atoms with Crippen LogP contribution in [0.2, 0.25) is 5.02 Å². The van der Waals surface area contributed by atoms with E-state index in [1.54, 1.807) is 0 Å². The van der Waals surface area contributed by atoms with Crippen molar-refractivity contribution in [3.63, 3.8) is 0 Å². The SMILES string of the molecule is CN1CCN(c2nc(-c3c(O)cccc3F)c(Cl)c3c2C(=O)N2CCNC[C@@H]2CO3)CC1(C)C. The number of fused-ring (bicyclic) bond motifs is 2. The predicted octanol–water partition coefficient (Wildman–Crippen LogP) is 2.58. The fraction of sp³-hybridized carbons (Fsp3) is 0.500. The number of benzene rings is 1. The molecule has 0 bridgehead atoms. The van der Waals surface area contributed by atoms with Crippen molar-refractivity contribution in [2.24, 2.45) is 0 Å². The van der Waals surface area contributed by atoms with Gasteiger partial charge in [-0.25, -0.2) is 9.37 Å². The Bertz CT molecular complexity index is 1120. The minimum Gasteiger partial charge on any atom is -0.507 e. The lowest BCUT2D eigenvalue weighted by Crippen LogP contribution is -2.58. The third kappa shape index (κ3) is 3.76. The summed E-state index contributed by atoms with van der Waals surface area (Å²) < 4.78 is 21.0. The number of nitrogens with one attached hydrogen (secondary N) is 1. The van der Waals surface area contributed by atoms with Crippen LogP contribution in [0.15, 0.2) is 18.2 Å². The summed E-state index contributed by atoms with van der Waals surface area (Å²) in [7, 11) is 2.07. The van der Waals surface area contributed by atoms with Gasteiger partial charge in [-0.15, -0.1) is 0 Å². The number of amides is 1. The number of hydrogen-bond donors (Lipinski definition) is 2. The number of ether oxygens (including phenoxy) is 1. The molecule has 0 aliphatic carbocycles. The highest BCUT2D eigenvalue weighted by Gasteiger charge is 2.41. The van der Waals surface area contributed by atoms with Crippen molar-refractivity contribution >= 4 is 23.3 Å². The van der Waals surface area contributed by atoms with Crippen molar-refractivity contribution < 1.29 is 19.0 Å². The van der Waals surface area contributed by atoms with Crippen LogP contribution in [-0.4, -0.2) is 90.3 Å². The Morgan fingerprint density at radius 2 is 2.06 bits per heavy atom. The molecule has 34 heavy (non-hydrogen) atoms. The van der Waals surface area contributed by atoms with E-state index in [0.29, 0.717) is 44.1 Å². The Kier molecular flexibility index (Phi) is 5.82. The van der Waals surface area contributed by atoms with Gasteiger partial charge in [0, 0.05) is 44.8 Å². The highest BCUT2D eigenvalue weighted by Crippen LogP contribution is 2.46. The monoisotopic (exact) mass is 489 g/mol.